The van der Waals surface area contributed by atoms with Gasteiger partial charge in [0.05, 0.1) is 17.3 Å². The smallest absolute Gasteiger partial charge is 0.162 e. The van der Waals surface area contributed by atoms with Gasteiger partial charge in [-0.1, -0.05) is 0 Å². The van der Waals surface area contributed by atoms with Crippen molar-refractivity contribution in [1.29, 1.82) is 0 Å². The Balaban J connectivity index is 1.30. The Hall–Kier alpha value is -2.97. The number of phenols is 1. The third-order valence-corrected chi connectivity index (χ3v) is 7.92. The van der Waals surface area contributed by atoms with Gasteiger partial charge in [0.1, 0.15) is 5.75 Å². The second kappa shape index (κ2) is 11.6. The molecule has 37 heavy (non-hydrogen) atoms. The maximum Gasteiger partial charge on any atom is 0.162 e. The number of likely N-dealkylation sites (tertiary alicyclic amines) is 1. The fourth-order valence-electron chi connectivity index (χ4n) is 5.76. The van der Waals surface area contributed by atoms with E-state index in [0.717, 1.165) is 88.2 Å². The Morgan fingerprint density at radius 3 is 2.73 bits per heavy atom. The molecule has 0 radical (unpaired) electrons. The Morgan fingerprint density at radius 1 is 1.19 bits per heavy atom. The third-order valence-electron chi connectivity index (χ3n) is 7.92. The highest BCUT2D eigenvalue weighted by Gasteiger charge is 2.25. The number of piperidine rings is 1. The quantitative estimate of drug-likeness (QED) is 0.398. The van der Waals surface area contributed by atoms with Gasteiger partial charge in [0.25, 0.3) is 0 Å². The van der Waals surface area contributed by atoms with Crippen LogP contribution in [0, 0.1) is 12.8 Å². The highest BCUT2D eigenvalue weighted by Crippen LogP contribution is 2.33. The van der Waals surface area contributed by atoms with Crippen molar-refractivity contribution in [3.05, 3.63) is 47.3 Å². The third kappa shape index (κ3) is 5.96. The average Bonchev–Trinajstić information content (AvgIpc) is 3.33. The van der Waals surface area contributed by atoms with E-state index in [9.17, 15) is 9.90 Å². The van der Waals surface area contributed by atoms with Crippen molar-refractivity contribution < 1.29 is 14.6 Å². The van der Waals surface area contributed by atoms with Gasteiger partial charge in [-0.25, -0.2) is 9.67 Å². The lowest BCUT2D eigenvalue weighted by Gasteiger charge is -2.34. The number of ether oxygens (including phenoxy) is 1. The molecule has 2 saturated heterocycles. The summed E-state index contributed by atoms with van der Waals surface area (Å²) in [5.41, 5.74) is 5.12. The van der Waals surface area contributed by atoms with Crippen molar-refractivity contribution in [2.75, 3.05) is 31.6 Å². The predicted molar refractivity (Wildman–Crippen MR) is 145 cm³/mol. The van der Waals surface area contributed by atoms with Crippen LogP contribution in [0.5, 0.6) is 5.75 Å². The highest BCUT2D eigenvalue weighted by atomic mass is 16.5. The van der Waals surface area contributed by atoms with E-state index in [1.165, 1.54) is 11.3 Å². The summed E-state index contributed by atoms with van der Waals surface area (Å²) in [6.07, 6.45) is 7.71. The zero-order valence-electron chi connectivity index (χ0n) is 22.1. The maximum absolute atomic E-state index is 12.7. The molecule has 1 aromatic carbocycles. The summed E-state index contributed by atoms with van der Waals surface area (Å²) >= 11 is 0. The number of fused-ring (bicyclic) bond motifs is 1. The molecule has 1 atom stereocenters. The molecule has 1 unspecified atom stereocenters. The first-order valence-electron chi connectivity index (χ1n) is 13.8. The number of Topliss-reactive ketones (excluding diaryl/α,β-unsaturated/α-hetero) is 1. The highest BCUT2D eigenvalue weighted by molar-refractivity contribution is 5.96. The molecule has 3 aromatic rings. The Kier molecular flexibility index (Phi) is 8.05. The first-order chi connectivity index (χ1) is 18.0. The fraction of sp³-hybridized carbons (Fsp3) is 0.552. The van der Waals surface area contributed by atoms with Crippen molar-refractivity contribution in [3.8, 4) is 5.75 Å². The number of phenolic OH excluding ortho intramolecular Hbond substituents is 1. The molecule has 2 N–H and O–H groups in total. The molecule has 0 saturated carbocycles. The average molecular weight is 506 g/mol. The van der Waals surface area contributed by atoms with Gasteiger partial charge in [0, 0.05) is 62.1 Å². The number of rotatable bonds is 9. The van der Waals surface area contributed by atoms with Crippen LogP contribution in [-0.2, 0) is 17.8 Å². The largest absolute Gasteiger partial charge is 0.508 e. The van der Waals surface area contributed by atoms with E-state index in [0.29, 0.717) is 23.9 Å². The Morgan fingerprint density at radius 2 is 1.97 bits per heavy atom. The van der Waals surface area contributed by atoms with Gasteiger partial charge in [0.2, 0.25) is 0 Å². The summed E-state index contributed by atoms with van der Waals surface area (Å²) in [5.74, 6) is 0.843. The zero-order chi connectivity index (χ0) is 25.8. The number of hydrogen-bond donors (Lipinski definition) is 2. The fourth-order valence-corrected chi connectivity index (χ4v) is 5.76. The number of aromatic nitrogens is 3. The molecule has 2 fully saturated rings. The van der Waals surface area contributed by atoms with E-state index < -0.39 is 0 Å². The Bertz CT molecular complexity index is 1220. The molecular formula is C29H39N5O3. The topological polar surface area (TPSA) is 92.5 Å². The summed E-state index contributed by atoms with van der Waals surface area (Å²) in [6, 6.07) is 6.98. The van der Waals surface area contributed by atoms with E-state index in [4.69, 9.17) is 9.72 Å². The van der Waals surface area contributed by atoms with E-state index in [1.54, 1.807) is 24.3 Å². The lowest BCUT2D eigenvalue weighted by Crippen LogP contribution is -2.36. The lowest BCUT2D eigenvalue weighted by atomic mass is 9.91. The van der Waals surface area contributed by atoms with Crippen LogP contribution in [-0.4, -0.2) is 62.9 Å². The normalized spacial score (nSPS) is 19.4. The minimum Gasteiger partial charge on any atom is -0.508 e. The number of ketones is 1. The molecule has 0 spiro atoms. The Labute approximate surface area is 219 Å². The van der Waals surface area contributed by atoms with Crippen molar-refractivity contribution in [2.24, 2.45) is 5.92 Å². The number of nitrogens with one attached hydrogen (secondary N) is 1. The van der Waals surface area contributed by atoms with Crippen LogP contribution in [0.4, 0.5) is 5.69 Å². The van der Waals surface area contributed by atoms with Crippen molar-refractivity contribution in [2.45, 2.75) is 71.5 Å². The molecule has 0 bridgehead atoms. The van der Waals surface area contributed by atoms with Crippen molar-refractivity contribution in [1.82, 2.24) is 19.7 Å². The molecule has 8 heteroatoms. The number of anilines is 1. The molecule has 0 aliphatic carbocycles. The molecule has 0 amide bonds. The molecule has 2 aromatic heterocycles. The van der Waals surface area contributed by atoms with Gasteiger partial charge >= 0.3 is 0 Å². The van der Waals surface area contributed by atoms with Crippen LogP contribution in [0.15, 0.2) is 30.5 Å². The van der Waals surface area contributed by atoms with Crippen LogP contribution in [0.2, 0.25) is 0 Å². The van der Waals surface area contributed by atoms with E-state index in [1.807, 2.05) is 10.9 Å². The maximum atomic E-state index is 12.7. The van der Waals surface area contributed by atoms with E-state index in [-0.39, 0.29) is 11.5 Å². The lowest BCUT2D eigenvalue weighted by molar-refractivity contribution is 0.0904. The molecule has 4 heterocycles. The van der Waals surface area contributed by atoms with Crippen molar-refractivity contribution in [3.63, 3.8) is 0 Å². The number of benzene rings is 1. The number of aryl methyl sites for hydroxylation is 2. The number of carbonyl (C=O) groups is 1. The molecule has 8 nitrogen and oxygen atoms in total. The van der Waals surface area contributed by atoms with Crippen molar-refractivity contribution >= 4 is 22.5 Å². The number of aromatic hydroxyl groups is 1. The number of carbonyl (C=O) groups excluding carboxylic acids is 1. The minimum atomic E-state index is 0.151. The summed E-state index contributed by atoms with van der Waals surface area (Å²) in [7, 11) is 0. The van der Waals surface area contributed by atoms with Gasteiger partial charge < -0.3 is 15.2 Å². The van der Waals surface area contributed by atoms with Crippen LogP contribution in [0.25, 0.3) is 11.0 Å². The molecule has 2 aliphatic rings. The van der Waals surface area contributed by atoms with Gasteiger partial charge in [-0.3, -0.25) is 9.69 Å². The second-order valence-corrected chi connectivity index (χ2v) is 10.5. The first-order valence-corrected chi connectivity index (χ1v) is 13.8. The summed E-state index contributed by atoms with van der Waals surface area (Å²) < 4.78 is 7.57. The summed E-state index contributed by atoms with van der Waals surface area (Å²) in [5, 5.41) is 19.1. The number of pyridine rings is 1. The zero-order valence-corrected chi connectivity index (χ0v) is 22.1. The number of hydrogen-bond acceptors (Lipinski definition) is 7. The van der Waals surface area contributed by atoms with Crippen LogP contribution in [0.3, 0.4) is 0 Å². The van der Waals surface area contributed by atoms with E-state index >= 15 is 0 Å². The van der Waals surface area contributed by atoms with Crippen LogP contribution >= 0.6 is 0 Å². The minimum absolute atomic E-state index is 0.151. The summed E-state index contributed by atoms with van der Waals surface area (Å²) in [4.78, 5) is 20.2. The monoisotopic (exact) mass is 505 g/mol. The van der Waals surface area contributed by atoms with E-state index in [2.05, 4.69) is 29.2 Å². The predicted octanol–water partition coefficient (Wildman–Crippen LogP) is 4.93. The first kappa shape index (κ1) is 25.7. The summed E-state index contributed by atoms with van der Waals surface area (Å²) in [6.45, 7) is 9.51. The molecule has 5 rings (SSSR count). The van der Waals surface area contributed by atoms with Gasteiger partial charge in [-0.15, -0.1) is 0 Å². The molecule has 2 aliphatic heterocycles. The van der Waals surface area contributed by atoms with Crippen LogP contribution in [0.1, 0.15) is 67.1 Å². The van der Waals surface area contributed by atoms with Gasteiger partial charge in [-0.2, -0.15) is 5.10 Å². The molecule has 198 valence electrons. The van der Waals surface area contributed by atoms with Gasteiger partial charge in [-0.05, 0) is 82.7 Å². The standard InChI is InChI=1S/C29H39N5O3/c1-3-34-29-25(17-30-34)28(32-23-12-15-37-16-13-23)26(20(2)31-29)19-33-14-4-5-21(18-33)6-11-27(36)22-7-9-24(35)10-8-22/h7-10,17,21,23,35H,3-6,11-16,18-19H2,1-2H3,(H,31,32). The molecular weight excluding hydrogens is 466 g/mol. The van der Waals surface area contributed by atoms with Gasteiger partial charge in [0.15, 0.2) is 11.4 Å². The SMILES string of the molecule is CCn1ncc2c(NC3CCOCC3)c(CN3CCCC(CCC(=O)c4ccc(O)cc4)C3)c(C)nc21. The second-order valence-electron chi connectivity index (χ2n) is 10.5. The van der Waals surface area contributed by atoms with Crippen LogP contribution < -0.4 is 5.32 Å². The number of nitrogens with zero attached hydrogens (tertiary/aromatic N) is 4.